The summed E-state index contributed by atoms with van der Waals surface area (Å²) < 4.78 is 14.7. The molecule has 0 saturated carbocycles. The molecule has 2 atom stereocenters. The second-order valence-electron chi connectivity index (χ2n) is 7.37. The summed E-state index contributed by atoms with van der Waals surface area (Å²) in [6, 6.07) is 0. The first kappa shape index (κ1) is 20.5. The molecule has 0 fully saturated rings. The molecule has 154 valence electrons. The summed E-state index contributed by atoms with van der Waals surface area (Å²) in [7, 11) is 1.68. The molecule has 8 nitrogen and oxygen atoms in total. The molecule has 3 heterocycles. The van der Waals surface area contributed by atoms with E-state index >= 15 is 0 Å². The van der Waals surface area contributed by atoms with Gasteiger partial charge in [0.1, 0.15) is 5.69 Å². The summed E-state index contributed by atoms with van der Waals surface area (Å²) in [6.45, 7) is 12.4. The van der Waals surface area contributed by atoms with E-state index in [1.807, 2.05) is 39.3 Å². The monoisotopic (exact) mass is 389 g/mol. The molecular formula is C20H31N5O3. The fourth-order valence-corrected chi connectivity index (χ4v) is 3.91. The first-order valence-electron chi connectivity index (χ1n) is 9.92. The molecule has 0 aliphatic carbocycles. The first-order valence-corrected chi connectivity index (χ1v) is 9.92. The lowest BCUT2D eigenvalue weighted by molar-refractivity contribution is -0.00712. The summed E-state index contributed by atoms with van der Waals surface area (Å²) in [5.74, 6) is -0.0969. The molecule has 2 aromatic rings. The van der Waals surface area contributed by atoms with Crippen molar-refractivity contribution in [2.75, 3.05) is 13.7 Å². The Morgan fingerprint density at radius 1 is 1.29 bits per heavy atom. The summed E-state index contributed by atoms with van der Waals surface area (Å²) >= 11 is 0. The molecule has 1 amide bonds. The van der Waals surface area contributed by atoms with Crippen LogP contribution in [0.5, 0.6) is 0 Å². The maximum absolute atomic E-state index is 13.1. The molecule has 0 radical (unpaired) electrons. The zero-order valence-corrected chi connectivity index (χ0v) is 17.7. The average molecular weight is 390 g/mol. The number of nitrogens with zero attached hydrogens (tertiary/aromatic N) is 4. The third-order valence-corrected chi connectivity index (χ3v) is 5.37. The van der Waals surface area contributed by atoms with Gasteiger partial charge in [-0.25, -0.2) is 0 Å². The molecule has 0 bridgehead atoms. The molecule has 0 saturated heterocycles. The van der Waals surface area contributed by atoms with Gasteiger partial charge in [0.2, 0.25) is 0 Å². The maximum atomic E-state index is 13.1. The van der Waals surface area contributed by atoms with Crippen LogP contribution in [-0.4, -0.2) is 45.3 Å². The number of rotatable bonds is 7. The molecule has 1 N–H and O–H groups in total. The number of carbonyl (C=O) groups is 1. The predicted molar refractivity (Wildman–Crippen MR) is 105 cm³/mol. The normalized spacial score (nSPS) is 18.9. The highest BCUT2D eigenvalue weighted by atomic mass is 16.5. The van der Waals surface area contributed by atoms with E-state index in [1.165, 1.54) is 0 Å². The van der Waals surface area contributed by atoms with Crippen LogP contribution in [0.25, 0.3) is 0 Å². The van der Waals surface area contributed by atoms with E-state index in [9.17, 15) is 4.79 Å². The molecular weight excluding hydrogens is 358 g/mol. The molecule has 0 spiro atoms. The van der Waals surface area contributed by atoms with Crippen molar-refractivity contribution in [1.29, 1.82) is 0 Å². The Bertz CT molecular complexity index is 855. The van der Waals surface area contributed by atoms with Gasteiger partial charge in [0.05, 0.1) is 36.7 Å². The summed E-state index contributed by atoms with van der Waals surface area (Å²) in [5.41, 5.74) is 5.57. The molecule has 28 heavy (non-hydrogen) atoms. The lowest BCUT2D eigenvalue weighted by Gasteiger charge is -2.24. The lowest BCUT2D eigenvalue weighted by Crippen LogP contribution is -2.29. The highest BCUT2D eigenvalue weighted by Gasteiger charge is 2.31. The zero-order chi connectivity index (χ0) is 20.4. The number of amides is 1. The van der Waals surface area contributed by atoms with Crippen LogP contribution in [0, 0.1) is 13.8 Å². The predicted octanol–water partition coefficient (Wildman–Crippen LogP) is 2.31. The second kappa shape index (κ2) is 8.45. The minimum absolute atomic E-state index is 0.0760. The van der Waals surface area contributed by atoms with Crippen LogP contribution in [0.15, 0.2) is 0 Å². The molecule has 0 aromatic carbocycles. The Balaban J connectivity index is 1.80. The van der Waals surface area contributed by atoms with Crippen LogP contribution < -0.4 is 5.32 Å². The van der Waals surface area contributed by atoms with Gasteiger partial charge in [-0.3, -0.25) is 14.2 Å². The standard InChI is InChI=1S/C20H31N5O3/c1-7-24-19(16-10-12(2)28-15(5)18(16)23-24)20(26)21-11-17-13(3)22-25(14(17)4)8-9-27-6/h12,15H,7-11H2,1-6H3,(H,21,26)/t12-,15+/m0/s1. The van der Waals surface area contributed by atoms with Crippen LogP contribution in [0.4, 0.5) is 0 Å². The van der Waals surface area contributed by atoms with E-state index in [0.717, 1.165) is 28.2 Å². The summed E-state index contributed by atoms with van der Waals surface area (Å²) in [5, 5.41) is 12.3. The first-order chi connectivity index (χ1) is 13.4. The largest absolute Gasteiger partial charge is 0.383 e. The number of hydrogen-bond donors (Lipinski definition) is 1. The Morgan fingerprint density at radius 2 is 2.04 bits per heavy atom. The molecule has 1 aliphatic rings. The van der Waals surface area contributed by atoms with Crippen molar-refractivity contribution in [1.82, 2.24) is 24.9 Å². The third-order valence-electron chi connectivity index (χ3n) is 5.37. The van der Waals surface area contributed by atoms with Crippen molar-refractivity contribution < 1.29 is 14.3 Å². The summed E-state index contributed by atoms with van der Waals surface area (Å²) in [6.07, 6.45) is 0.684. The van der Waals surface area contributed by atoms with Crippen molar-refractivity contribution >= 4 is 5.91 Å². The van der Waals surface area contributed by atoms with E-state index in [2.05, 4.69) is 15.5 Å². The number of fused-ring (bicyclic) bond motifs is 1. The number of nitrogens with one attached hydrogen (secondary N) is 1. The topological polar surface area (TPSA) is 83.2 Å². The molecule has 2 aromatic heterocycles. The van der Waals surface area contributed by atoms with E-state index in [0.29, 0.717) is 38.4 Å². The van der Waals surface area contributed by atoms with Gasteiger partial charge in [-0.05, 0) is 34.6 Å². The molecule has 8 heteroatoms. The Labute approximate surface area is 166 Å². The Morgan fingerprint density at radius 3 is 2.71 bits per heavy atom. The number of aromatic nitrogens is 4. The van der Waals surface area contributed by atoms with Crippen molar-refractivity contribution in [3.8, 4) is 0 Å². The van der Waals surface area contributed by atoms with Gasteiger partial charge in [0.25, 0.3) is 5.91 Å². The van der Waals surface area contributed by atoms with Crippen LogP contribution in [0.1, 0.15) is 65.6 Å². The highest BCUT2D eigenvalue weighted by Crippen LogP contribution is 2.31. The van der Waals surface area contributed by atoms with Crippen molar-refractivity contribution in [3.63, 3.8) is 0 Å². The lowest BCUT2D eigenvalue weighted by atomic mass is 9.99. The fraction of sp³-hybridized carbons (Fsp3) is 0.650. The maximum Gasteiger partial charge on any atom is 0.270 e. The van der Waals surface area contributed by atoms with Crippen molar-refractivity contribution in [2.24, 2.45) is 0 Å². The van der Waals surface area contributed by atoms with E-state index in [1.54, 1.807) is 11.8 Å². The second-order valence-corrected chi connectivity index (χ2v) is 7.37. The smallest absolute Gasteiger partial charge is 0.270 e. The van der Waals surface area contributed by atoms with Crippen molar-refractivity contribution in [2.45, 2.75) is 72.9 Å². The Hall–Kier alpha value is -2.19. The van der Waals surface area contributed by atoms with Crippen LogP contribution in [-0.2, 0) is 35.5 Å². The van der Waals surface area contributed by atoms with E-state index in [-0.39, 0.29) is 18.1 Å². The van der Waals surface area contributed by atoms with Gasteiger partial charge in [-0.1, -0.05) is 0 Å². The number of methoxy groups -OCH3 is 1. The van der Waals surface area contributed by atoms with Gasteiger partial charge in [-0.15, -0.1) is 0 Å². The van der Waals surface area contributed by atoms with Gasteiger partial charge in [-0.2, -0.15) is 10.2 Å². The quantitative estimate of drug-likeness (QED) is 0.786. The van der Waals surface area contributed by atoms with Gasteiger partial charge >= 0.3 is 0 Å². The SMILES string of the molecule is CCn1nc2c(c1C(=O)NCc1c(C)nn(CCOC)c1C)C[C@H](C)O[C@@H]2C. The van der Waals surface area contributed by atoms with Gasteiger partial charge in [0.15, 0.2) is 0 Å². The number of ether oxygens (including phenoxy) is 2. The zero-order valence-electron chi connectivity index (χ0n) is 17.7. The van der Waals surface area contributed by atoms with Gasteiger partial charge in [0, 0.05) is 43.4 Å². The molecule has 3 rings (SSSR count). The Kier molecular flexibility index (Phi) is 6.20. The number of hydrogen-bond acceptors (Lipinski definition) is 5. The van der Waals surface area contributed by atoms with Crippen LogP contribution >= 0.6 is 0 Å². The molecule has 1 aliphatic heterocycles. The molecule has 0 unspecified atom stereocenters. The number of carbonyl (C=O) groups excluding carboxylic acids is 1. The average Bonchev–Trinajstić information content (AvgIpc) is 3.15. The van der Waals surface area contributed by atoms with E-state index in [4.69, 9.17) is 9.47 Å². The number of aryl methyl sites for hydroxylation is 2. The van der Waals surface area contributed by atoms with Crippen molar-refractivity contribution in [3.05, 3.63) is 33.9 Å². The van der Waals surface area contributed by atoms with Gasteiger partial charge < -0.3 is 14.8 Å². The summed E-state index contributed by atoms with van der Waals surface area (Å²) in [4.78, 5) is 13.1. The third kappa shape index (κ3) is 3.84. The highest BCUT2D eigenvalue weighted by molar-refractivity contribution is 5.94. The fourth-order valence-electron chi connectivity index (χ4n) is 3.91. The van der Waals surface area contributed by atoms with Crippen LogP contribution in [0.3, 0.4) is 0 Å². The van der Waals surface area contributed by atoms with Crippen LogP contribution in [0.2, 0.25) is 0 Å². The van der Waals surface area contributed by atoms with E-state index < -0.39 is 0 Å². The minimum atomic E-state index is -0.0969. The minimum Gasteiger partial charge on any atom is -0.383 e.